The van der Waals surface area contributed by atoms with E-state index >= 15 is 0 Å². The average molecular weight is 405 g/mol. The maximum atomic E-state index is 10.8. The lowest BCUT2D eigenvalue weighted by Gasteiger charge is -2.20. The molecule has 1 aromatic heterocycles. The van der Waals surface area contributed by atoms with E-state index in [1.54, 1.807) is 12.3 Å². The summed E-state index contributed by atoms with van der Waals surface area (Å²) in [5.74, 6) is 0.434. The second-order valence-electron chi connectivity index (χ2n) is 5.29. The van der Waals surface area contributed by atoms with Crippen molar-refractivity contribution in [3.8, 4) is 0 Å². The van der Waals surface area contributed by atoms with Gasteiger partial charge in [-0.25, -0.2) is 15.1 Å². The van der Waals surface area contributed by atoms with Crippen molar-refractivity contribution in [2.24, 2.45) is 5.10 Å². The van der Waals surface area contributed by atoms with Crippen LogP contribution < -0.4 is 0 Å². The quantitative estimate of drug-likeness (QED) is 0.219. The Morgan fingerprint density at radius 3 is 2.74 bits per heavy atom. The average Bonchev–Trinajstić information content (AvgIpc) is 2.88. The van der Waals surface area contributed by atoms with E-state index in [4.69, 9.17) is 11.6 Å². The number of unbranched alkanes of at least 4 members (excludes halogenated alkanes) is 2. The Morgan fingerprint density at radius 1 is 1.30 bits per heavy atom. The number of halogens is 2. The van der Waals surface area contributed by atoms with Gasteiger partial charge in [0, 0.05) is 37.7 Å². The Morgan fingerprint density at radius 2 is 2.09 bits per heavy atom. The summed E-state index contributed by atoms with van der Waals surface area (Å²) in [6.07, 6.45) is 4.88. The van der Waals surface area contributed by atoms with Crippen LogP contribution in [0.4, 0.5) is 0 Å². The molecule has 2 heterocycles. The van der Waals surface area contributed by atoms with Crippen LogP contribution in [0.3, 0.4) is 0 Å². The number of aromatic nitrogens is 1. The first-order valence-corrected chi connectivity index (χ1v) is 8.99. The van der Waals surface area contributed by atoms with Gasteiger partial charge in [0.2, 0.25) is 0 Å². The van der Waals surface area contributed by atoms with E-state index in [9.17, 15) is 10.1 Å². The lowest BCUT2D eigenvalue weighted by Crippen LogP contribution is -2.34. The molecule has 1 aromatic rings. The molecule has 2 rings (SSSR count). The first-order valence-electron chi connectivity index (χ1n) is 7.49. The zero-order valence-electron chi connectivity index (χ0n) is 12.7. The van der Waals surface area contributed by atoms with Gasteiger partial charge < -0.3 is 9.80 Å². The van der Waals surface area contributed by atoms with Crippen LogP contribution in [0, 0.1) is 10.1 Å². The molecule has 23 heavy (non-hydrogen) atoms. The molecule has 0 bridgehead atoms. The molecule has 0 radical (unpaired) electrons. The summed E-state index contributed by atoms with van der Waals surface area (Å²) >= 11 is 9.19. The molecular formula is C14H19BrClN5O2. The first-order chi connectivity index (χ1) is 11.1. The summed E-state index contributed by atoms with van der Waals surface area (Å²) in [5.41, 5.74) is 0.951. The predicted octanol–water partition coefficient (Wildman–Crippen LogP) is 2.97. The number of guanidine groups is 1. The van der Waals surface area contributed by atoms with Crippen molar-refractivity contribution in [3.63, 3.8) is 0 Å². The van der Waals surface area contributed by atoms with Crippen LogP contribution in [0.25, 0.3) is 0 Å². The van der Waals surface area contributed by atoms with Crippen LogP contribution in [-0.4, -0.2) is 50.7 Å². The molecule has 1 fully saturated rings. The molecule has 7 nitrogen and oxygen atoms in total. The molecule has 0 unspecified atom stereocenters. The molecular weight excluding hydrogens is 386 g/mol. The van der Waals surface area contributed by atoms with Gasteiger partial charge in [-0.3, -0.25) is 0 Å². The van der Waals surface area contributed by atoms with Gasteiger partial charge >= 0.3 is 0 Å². The zero-order valence-corrected chi connectivity index (χ0v) is 15.0. The molecule has 0 amide bonds. The van der Waals surface area contributed by atoms with E-state index < -0.39 is 5.03 Å². The molecule has 9 heteroatoms. The topological polar surface area (TPSA) is 74.9 Å². The van der Waals surface area contributed by atoms with E-state index in [0.29, 0.717) is 24.2 Å². The number of nitrogens with zero attached hydrogens (tertiary/aromatic N) is 5. The highest BCUT2D eigenvalue weighted by Gasteiger charge is 2.29. The summed E-state index contributed by atoms with van der Waals surface area (Å²) in [4.78, 5) is 18.8. The van der Waals surface area contributed by atoms with Crippen LogP contribution in [0.5, 0.6) is 0 Å². The highest BCUT2D eigenvalue weighted by molar-refractivity contribution is 9.09. The number of hydrogen-bond acceptors (Lipinski definition) is 3. The number of rotatable bonds is 8. The molecule has 0 spiro atoms. The number of hydrazone groups is 1. The van der Waals surface area contributed by atoms with Crippen LogP contribution in [0.2, 0.25) is 5.15 Å². The van der Waals surface area contributed by atoms with E-state index in [2.05, 4.69) is 26.0 Å². The van der Waals surface area contributed by atoms with Crippen LogP contribution >= 0.6 is 27.5 Å². The second kappa shape index (κ2) is 9.02. The lowest BCUT2D eigenvalue weighted by molar-refractivity contribution is -0.486. The molecule has 0 atom stereocenters. The third kappa shape index (κ3) is 5.62. The van der Waals surface area contributed by atoms with Gasteiger partial charge in [0.05, 0.1) is 0 Å². The van der Waals surface area contributed by atoms with Crippen LogP contribution in [0.15, 0.2) is 23.4 Å². The van der Waals surface area contributed by atoms with Gasteiger partial charge in [-0.1, -0.05) is 40.0 Å². The monoisotopic (exact) mass is 403 g/mol. The molecule has 1 saturated heterocycles. The Hall–Kier alpha value is -1.41. The zero-order chi connectivity index (χ0) is 16.7. The van der Waals surface area contributed by atoms with Crippen molar-refractivity contribution >= 4 is 33.5 Å². The highest BCUT2D eigenvalue weighted by Crippen LogP contribution is 2.16. The van der Waals surface area contributed by atoms with Crippen molar-refractivity contribution in [3.05, 3.63) is 39.2 Å². The summed E-state index contributed by atoms with van der Waals surface area (Å²) in [6, 6.07) is 3.59. The minimum Gasteiger partial charge on any atom is -0.336 e. The maximum absolute atomic E-state index is 10.8. The van der Waals surface area contributed by atoms with Gasteiger partial charge in [-0.2, -0.15) is 0 Å². The summed E-state index contributed by atoms with van der Waals surface area (Å²) in [5, 5.41) is 15.2. The van der Waals surface area contributed by atoms with Gasteiger partial charge in [-0.05, 0) is 24.5 Å². The summed E-state index contributed by atoms with van der Waals surface area (Å²) in [6.45, 7) is 2.79. The van der Waals surface area contributed by atoms with Crippen molar-refractivity contribution in [1.29, 1.82) is 0 Å². The molecule has 1 aliphatic rings. The fourth-order valence-electron chi connectivity index (χ4n) is 2.50. The van der Waals surface area contributed by atoms with Gasteiger partial charge in [0.25, 0.3) is 5.96 Å². The minimum absolute atomic E-state index is 0.433. The van der Waals surface area contributed by atoms with Crippen molar-refractivity contribution in [2.75, 3.05) is 25.0 Å². The lowest BCUT2D eigenvalue weighted by atomic mass is 10.2. The highest BCUT2D eigenvalue weighted by atomic mass is 79.9. The first kappa shape index (κ1) is 17.9. The smallest absolute Gasteiger partial charge is 0.274 e. The van der Waals surface area contributed by atoms with E-state index in [1.807, 2.05) is 15.9 Å². The molecule has 0 aliphatic carbocycles. The Labute approximate surface area is 148 Å². The Balaban J connectivity index is 2.01. The van der Waals surface area contributed by atoms with Crippen molar-refractivity contribution in [1.82, 2.24) is 14.8 Å². The van der Waals surface area contributed by atoms with E-state index in [-0.39, 0.29) is 0 Å². The van der Waals surface area contributed by atoms with E-state index in [1.165, 1.54) is 0 Å². The molecule has 1 aliphatic heterocycles. The van der Waals surface area contributed by atoms with Gasteiger partial charge in [0.1, 0.15) is 10.3 Å². The number of hydrogen-bond donors (Lipinski definition) is 0. The van der Waals surface area contributed by atoms with Crippen LogP contribution in [0.1, 0.15) is 24.8 Å². The normalized spacial score (nSPS) is 16.3. The molecule has 126 valence electrons. The molecule has 0 aromatic carbocycles. The van der Waals surface area contributed by atoms with Crippen molar-refractivity contribution in [2.45, 2.75) is 25.8 Å². The third-order valence-corrected chi connectivity index (χ3v) is 4.38. The summed E-state index contributed by atoms with van der Waals surface area (Å²) < 4.78 is 0. The fraction of sp³-hybridized carbons (Fsp3) is 0.571. The maximum Gasteiger partial charge on any atom is 0.274 e. The SMILES string of the molecule is O=[N+]([O-])/N=C1\N(CCCCCBr)CCN1Cc1ccc(Cl)nc1. The molecule has 0 N–H and O–H groups in total. The van der Waals surface area contributed by atoms with Gasteiger partial charge in [-0.15, -0.1) is 0 Å². The number of pyridine rings is 1. The third-order valence-electron chi connectivity index (χ3n) is 3.60. The van der Waals surface area contributed by atoms with Crippen LogP contribution in [-0.2, 0) is 6.54 Å². The number of nitro groups is 1. The largest absolute Gasteiger partial charge is 0.336 e. The Kier molecular flexibility index (Phi) is 7.04. The second-order valence-corrected chi connectivity index (χ2v) is 6.47. The Bertz CT molecular complexity index is 555. The van der Waals surface area contributed by atoms with Crippen molar-refractivity contribution < 1.29 is 5.03 Å². The predicted molar refractivity (Wildman–Crippen MR) is 93.3 cm³/mol. The standard InChI is InChI=1S/C14H19BrClN5O2/c15-6-2-1-3-7-19-8-9-20(14(19)18-21(22)23)11-12-4-5-13(16)17-10-12/h4-5,10H,1-3,6-9,11H2/b18-14+. The van der Waals surface area contributed by atoms with Gasteiger partial charge in [0.15, 0.2) is 5.03 Å². The van der Waals surface area contributed by atoms with E-state index in [0.717, 1.165) is 43.2 Å². The molecule has 0 saturated carbocycles. The number of alkyl halides is 1. The fourth-order valence-corrected chi connectivity index (χ4v) is 3.01. The summed E-state index contributed by atoms with van der Waals surface area (Å²) in [7, 11) is 0. The minimum atomic E-state index is -0.626.